The van der Waals surface area contributed by atoms with Crippen molar-refractivity contribution in [3.05, 3.63) is 48.5 Å². The Morgan fingerprint density at radius 3 is 2.34 bits per heavy atom. The zero-order valence-corrected chi connectivity index (χ0v) is 17.4. The molecule has 0 spiro atoms. The van der Waals surface area contributed by atoms with Crippen LogP contribution in [0.4, 0.5) is 11.4 Å². The van der Waals surface area contributed by atoms with Crippen LogP contribution in [-0.4, -0.2) is 49.6 Å². The molecule has 0 radical (unpaired) electrons. The van der Waals surface area contributed by atoms with Gasteiger partial charge in [0.15, 0.2) is 0 Å². The van der Waals surface area contributed by atoms with Gasteiger partial charge in [0.1, 0.15) is 11.5 Å². The minimum absolute atomic E-state index is 0.101. The largest absolute Gasteiger partial charge is 0.497 e. The molecule has 7 heteroatoms. The lowest BCUT2D eigenvalue weighted by molar-refractivity contribution is -0.123. The van der Waals surface area contributed by atoms with Gasteiger partial charge in [-0.25, -0.2) is 0 Å². The number of rotatable bonds is 10. The molecular formula is C22H29N3O4. The first-order valence-corrected chi connectivity index (χ1v) is 9.69. The first-order chi connectivity index (χ1) is 14.0. The molecule has 0 heterocycles. The minimum Gasteiger partial charge on any atom is -0.497 e. The Morgan fingerprint density at radius 1 is 1.03 bits per heavy atom. The van der Waals surface area contributed by atoms with Gasteiger partial charge in [-0.15, -0.1) is 0 Å². The number of hydrogen-bond donors (Lipinski definition) is 2. The molecule has 1 unspecified atom stereocenters. The average Bonchev–Trinajstić information content (AvgIpc) is 2.73. The number of hydrogen-bond acceptors (Lipinski definition) is 5. The van der Waals surface area contributed by atoms with Gasteiger partial charge in [0.2, 0.25) is 11.8 Å². The van der Waals surface area contributed by atoms with E-state index in [2.05, 4.69) is 10.6 Å². The smallest absolute Gasteiger partial charge is 0.241 e. The number of benzene rings is 2. The van der Waals surface area contributed by atoms with Gasteiger partial charge in [0.05, 0.1) is 32.0 Å². The second-order valence-electron chi connectivity index (χ2n) is 6.43. The molecule has 0 aliphatic rings. The van der Waals surface area contributed by atoms with Crippen LogP contribution in [0.25, 0.3) is 0 Å². The van der Waals surface area contributed by atoms with Gasteiger partial charge in [0, 0.05) is 5.69 Å². The molecule has 2 N–H and O–H groups in total. The Labute approximate surface area is 172 Å². The first-order valence-electron chi connectivity index (χ1n) is 9.69. The van der Waals surface area contributed by atoms with Crippen molar-refractivity contribution in [2.45, 2.75) is 26.8 Å². The van der Waals surface area contributed by atoms with Gasteiger partial charge in [0.25, 0.3) is 0 Å². The highest BCUT2D eigenvalue weighted by atomic mass is 16.5. The van der Waals surface area contributed by atoms with Gasteiger partial charge < -0.3 is 20.1 Å². The van der Waals surface area contributed by atoms with E-state index in [0.29, 0.717) is 30.3 Å². The van der Waals surface area contributed by atoms with Gasteiger partial charge >= 0.3 is 0 Å². The van der Waals surface area contributed by atoms with Gasteiger partial charge in [-0.05, 0) is 56.8 Å². The monoisotopic (exact) mass is 399 g/mol. The molecular weight excluding hydrogens is 370 g/mol. The third-order valence-electron chi connectivity index (χ3n) is 4.50. The minimum atomic E-state index is -0.490. The Bertz CT molecular complexity index is 808. The van der Waals surface area contributed by atoms with Crippen LogP contribution in [-0.2, 0) is 9.59 Å². The second kappa shape index (κ2) is 11.1. The molecule has 0 bridgehead atoms. The summed E-state index contributed by atoms with van der Waals surface area (Å²) in [6.07, 6.45) is 0. The number of methoxy groups -OCH3 is 1. The van der Waals surface area contributed by atoms with Crippen LogP contribution in [0.3, 0.4) is 0 Å². The standard InChI is InChI=1S/C22H29N3O4/c1-5-25(15-21(26)23-17-11-13-18(28-4)14-12-17)16(3)22(27)24-19-9-7-8-10-20(19)29-6-2/h7-14,16H,5-6,15H2,1-4H3,(H,23,26)(H,24,27). The molecule has 0 aliphatic carbocycles. The number of likely N-dealkylation sites (N-methyl/N-ethyl adjacent to an activating group) is 1. The fourth-order valence-electron chi connectivity index (χ4n) is 2.84. The van der Waals surface area contributed by atoms with E-state index in [9.17, 15) is 9.59 Å². The quantitative estimate of drug-likeness (QED) is 0.640. The molecule has 156 valence electrons. The maximum Gasteiger partial charge on any atom is 0.241 e. The molecule has 0 aromatic heterocycles. The number of anilines is 2. The van der Waals surface area contributed by atoms with Crippen molar-refractivity contribution in [2.75, 3.05) is 37.4 Å². The zero-order chi connectivity index (χ0) is 21.2. The number of amides is 2. The van der Waals surface area contributed by atoms with Crippen molar-refractivity contribution < 1.29 is 19.1 Å². The Kier molecular flexibility index (Phi) is 8.48. The molecule has 2 rings (SSSR count). The number of para-hydroxylation sites is 2. The lowest BCUT2D eigenvalue weighted by atomic mass is 10.2. The van der Waals surface area contributed by atoms with Crippen LogP contribution < -0.4 is 20.1 Å². The summed E-state index contributed by atoms with van der Waals surface area (Å²) < 4.78 is 10.7. The van der Waals surface area contributed by atoms with Crippen LogP contribution in [0.5, 0.6) is 11.5 Å². The van der Waals surface area contributed by atoms with Crippen LogP contribution in [0, 0.1) is 0 Å². The summed E-state index contributed by atoms with van der Waals surface area (Å²) >= 11 is 0. The van der Waals surface area contributed by atoms with E-state index in [1.165, 1.54) is 0 Å². The first kappa shape index (κ1) is 22.2. The van der Waals surface area contributed by atoms with Crippen molar-refractivity contribution in [2.24, 2.45) is 0 Å². The molecule has 0 saturated heterocycles. The number of carbonyl (C=O) groups excluding carboxylic acids is 2. The van der Waals surface area contributed by atoms with Crippen molar-refractivity contribution in [3.63, 3.8) is 0 Å². The maximum atomic E-state index is 12.7. The molecule has 2 amide bonds. The highest BCUT2D eigenvalue weighted by Gasteiger charge is 2.23. The summed E-state index contributed by atoms with van der Waals surface area (Å²) in [6.45, 7) is 6.75. The second-order valence-corrected chi connectivity index (χ2v) is 6.43. The Hall–Kier alpha value is -3.06. The number of ether oxygens (including phenoxy) is 2. The third-order valence-corrected chi connectivity index (χ3v) is 4.50. The van der Waals surface area contributed by atoms with E-state index < -0.39 is 6.04 Å². The average molecular weight is 399 g/mol. The fraction of sp³-hybridized carbons (Fsp3) is 0.364. The fourth-order valence-corrected chi connectivity index (χ4v) is 2.84. The van der Waals surface area contributed by atoms with Gasteiger partial charge in [-0.2, -0.15) is 0 Å². The summed E-state index contributed by atoms with van der Waals surface area (Å²) in [5.74, 6) is 0.953. The summed E-state index contributed by atoms with van der Waals surface area (Å²) in [5.41, 5.74) is 1.29. The van der Waals surface area contributed by atoms with E-state index in [4.69, 9.17) is 9.47 Å². The maximum absolute atomic E-state index is 12.7. The Morgan fingerprint density at radius 2 is 1.72 bits per heavy atom. The Balaban J connectivity index is 1.97. The van der Waals surface area contributed by atoms with Crippen molar-refractivity contribution >= 4 is 23.2 Å². The van der Waals surface area contributed by atoms with Gasteiger partial charge in [-0.3, -0.25) is 14.5 Å². The summed E-state index contributed by atoms with van der Waals surface area (Å²) in [6, 6.07) is 13.9. The lowest BCUT2D eigenvalue weighted by Crippen LogP contribution is -2.45. The van der Waals surface area contributed by atoms with E-state index in [-0.39, 0.29) is 18.4 Å². The molecule has 2 aromatic carbocycles. The summed E-state index contributed by atoms with van der Waals surface area (Å²) in [4.78, 5) is 27.0. The van der Waals surface area contributed by atoms with Crippen LogP contribution in [0.1, 0.15) is 20.8 Å². The summed E-state index contributed by atoms with van der Waals surface area (Å²) in [5, 5.41) is 5.73. The molecule has 2 aromatic rings. The molecule has 1 atom stereocenters. The van der Waals surface area contributed by atoms with E-state index in [1.54, 1.807) is 49.3 Å². The van der Waals surface area contributed by atoms with Crippen molar-refractivity contribution in [3.8, 4) is 11.5 Å². The van der Waals surface area contributed by atoms with Crippen molar-refractivity contribution in [1.82, 2.24) is 4.90 Å². The highest BCUT2D eigenvalue weighted by molar-refractivity contribution is 5.97. The van der Waals surface area contributed by atoms with Crippen LogP contribution in [0.15, 0.2) is 48.5 Å². The SMILES string of the molecule is CCOc1ccccc1NC(=O)C(C)N(CC)CC(=O)Nc1ccc(OC)cc1. The van der Waals surface area contributed by atoms with Crippen molar-refractivity contribution in [1.29, 1.82) is 0 Å². The molecule has 0 aliphatic heterocycles. The summed E-state index contributed by atoms with van der Waals surface area (Å²) in [7, 11) is 1.59. The third kappa shape index (κ3) is 6.50. The van der Waals surface area contributed by atoms with E-state index in [0.717, 1.165) is 5.75 Å². The predicted octanol–water partition coefficient (Wildman–Crippen LogP) is 3.38. The topological polar surface area (TPSA) is 79.9 Å². The van der Waals surface area contributed by atoms with Crippen LogP contribution >= 0.6 is 0 Å². The number of nitrogens with zero attached hydrogens (tertiary/aromatic N) is 1. The zero-order valence-electron chi connectivity index (χ0n) is 17.4. The molecule has 0 fully saturated rings. The number of nitrogens with one attached hydrogen (secondary N) is 2. The normalized spacial score (nSPS) is 11.6. The molecule has 0 saturated carbocycles. The molecule has 7 nitrogen and oxygen atoms in total. The number of carbonyl (C=O) groups is 2. The predicted molar refractivity (Wildman–Crippen MR) is 115 cm³/mol. The van der Waals surface area contributed by atoms with Crippen LogP contribution in [0.2, 0.25) is 0 Å². The van der Waals surface area contributed by atoms with Gasteiger partial charge in [-0.1, -0.05) is 19.1 Å². The highest BCUT2D eigenvalue weighted by Crippen LogP contribution is 2.24. The van der Waals surface area contributed by atoms with E-state index >= 15 is 0 Å². The van der Waals surface area contributed by atoms with E-state index in [1.807, 2.05) is 32.0 Å². The molecule has 29 heavy (non-hydrogen) atoms. The lowest BCUT2D eigenvalue weighted by Gasteiger charge is -2.26.